The second kappa shape index (κ2) is 10.6. The largest absolute Gasteiger partial charge is 0.491 e. The Hall–Kier alpha value is -2.10. The summed E-state index contributed by atoms with van der Waals surface area (Å²) < 4.78 is 40.8. The van der Waals surface area contributed by atoms with E-state index in [1.54, 1.807) is 12.1 Å². The van der Waals surface area contributed by atoms with Crippen molar-refractivity contribution in [1.29, 1.82) is 0 Å². The van der Waals surface area contributed by atoms with Crippen molar-refractivity contribution in [1.82, 2.24) is 0 Å². The molecule has 0 saturated carbocycles. The Morgan fingerprint density at radius 1 is 0.690 bits per heavy atom. The zero-order chi connectivity index (χ0) is 20.6. The van der Waals surface area contributed by atoms with Gasteiger partial charge in [-0.3, -0.25) is 0 Å². The van der Waals surface area contributed by atoms with E-state index >= 15 is 4.39 Å². The van der Waals surface area contributed by atoms with E-state index in [4.69, 9.17) is 9.47 Å². The van der Waals surface area contributed by atoms with Gasteiger partial charge in [0, 0.05) is 0 Å². The summed E-state index contributed by atoms with van der Waals surface area (Å²) >= 11 is 0. The first-order chi connectivity index (χ1) is 14.2. The third kappa shape index (κ3) is 5.09. The number of rotatable bonds is 11. The Bertz CT molecular complexity index is 817. The van der Waals surface area contributed by atoms with E-state index < -0.39 is 0 Å². The van der Waals surface area contributed by atoms with Gasteiger partial charge in [-0.15, -0.1) is 0 Å². The smallest absolute Gasteiger partial charge is 0.168 e. The maximum Gasteiger partial charge on any atom is 0.168 e. The van der Waals surface area contributed by atoms with E-state index in [9.17, 15) is 4.39 Å². The van der Waals surface area contributed by atoms with Gasteiger partial charge in [-0.05, 0) is 60.6 Å². The molecule has 0 fully saturated rings. The number of hydrogen-bond acceptors (Lipinski definition) is 2. The van der Waals surface area contributed by atoms with Gasteiger partial charge in [-0.2, -0.15) is 0 Å². The standard InChI is InChI=1S/C25H32F2O2/c1-3-5-6-7-8-9-10-17-29-23-16-14-19-18-13-15-22(28-4-2)24(26)20(18)11-12-21(19)25(23)27/h13-16H,3-12,17H2,1-2H3. The fourth-order valence-corrected chi connectivity index (χ4v) is 4.06. The number of halogens is 2. The molecule has 1 aliphatic carbocycles. The van der Waals surface area contributed by atoms with Crippen molar-refractivity contribution >= 4 is 0 Å². The molecule has 2 aromatic carbocycles. The monoisotopic (exact) mass is 402 g/mol. The average molecular weight is 403 g/mol. The van der Waals surface area contributed by atoms with E-state index in [0.29, 0.717) is 42.9 Å². The van der Waals surface area contributed by atoms with Crippen LogP contribution in [0.1, 0.15) is 69.9 Å². The SMILES string of the molecule is CCCCCCCCCOc1ccc2c(c1F)CCc1c-2ccc(OCC)c1F. The second-order valence-corrected chi connectivity index (χ2v) is 7.71. The third-order valence-corrected chi connectivity index (χ3v) is 5.64. The summed E-state index contributed by atoms with van der Waals surface area (Å²) in [6, 6.07) is 7.00. The molecule has 1 aliphatic rings. The summed E-state index contributed by atoms with van der Waals surface area (Å²) in [5, 5.41) is 0. The van der Waals surface area contributed by atoms with Gasteiger partial charge in [-0.25, -0.2) is 8.78 Å². The molecule has 0 atom stereocenters. The van der Waals surface area contributed by atoms with Crippen molar-refractivity contribution in [2.45, 2.75) is 71.6 Å². The quantitative estimate of drug-likeness (QED) is 0.368. The molecule has 0 bridgehead atoms. The predicted octanol–water partition coefficient (Wildman–Crippen LogP) is 7.26. The first-order valence-electron chi connectivity index (χ1n) is 11.1. The Labute approximate surface area is 173 Å². The van der Waals surface area contributed by atoms with Gasteiger partial charge in [-0.1, -0.05) is 57.6 Å². The highest BCUT2D eigenvalue weighted by molar-refractivity contribution is 5.75. The molecule has 3 rings (SSSR count). The van der Waals surface area contributed by atoms with E-state index in [0.717, 1.165) is 24.0 Å². The Morgan fingerprint density at radius 2 is 1.21 bits per heavy atom. The summed E-state index contributed by atoms with van der Waals surface area (Å²) in [6.07, 6.45) is 9.32. The van der Waals surface area contributed by atoms with Crippen LogP contribution in [0.3, 0.4) is 0 Å². The average Bonchev–Trinajstić information content (AvgIpc) is 2.73. The van der Waals surface area contributed by atoms with Crippen LogP contribution in [0.2, 0.25) is 0 Å². The number of ether oxygens (including phenoxy) is 2. The molecule has 0 radical (unpaired) electrons. The lowest BCUT2D eigenvalue weighted by Crippen LogP contribution is -2.11. The van der Waals surface area contributed by atoms with Crippen LogP contribution in [-0.2, 0) is 12.8 Å². The maximum absolute atomic E-state index is 15.0. The predicted molar refractivity (Wildman–Crippen MR) is 114 cm³/mol. The Morgan fingerprint density at radius 3 is 1.76 bits per heavy atom. The van der Waals surface area contributed by atoms with Gasteiger partial charge in [0.2, 0.25) is 0 Å². The third-order valence-electron chi connectivity index (χ3n) is 5.64. The fraction of sp³-hybridized carbons (Fsp3) is 0.520. The van der Waals surface area contributed by atoms with Crippen LogP contribution < -0.4 is 9.47 Å². The van der Waals surface area contributed by atoms with Crippen LogP contribution in [0.25, 0.3) is 11.1 Å². The lowest BCUT2D eigenvalue weighted by atomic mass is 9.84. The molecule has 0 N–H and O–H groups in total. The van der Waals surface area contributed by atoms with E-state index in [2.05, 4.69) is 6.92 Å². The van der Waals surface area contributed by atoms with Crippen molar-refractivity contribution in [3.63, 3.8) is 0 Å². The highest BCUT2D eigenvalue weighted by Crippen LogP contribution is 2.40. The Balaban J connectivity index is 1.64. The summed E-state index contributed by atoms with van der Waals surface area (Å²) in [5.41, 5.74) is 2.75. The van der Waals surface area contributed by atoms with Crippen molar-refractivity contribution in [3.05, 3.63) is 47.0 Å². The molecule has 0 saturated heterocycles. The zero-order valence-electron chi connectivity index (χ0n) is 17.7. The van der Waals surface area contributed by atoms with Gasteiger partial charge in [0.05, 0.1) is 13.2 Å². The fourth-order valence-electron chi connectivity index (χ4n) is 4.06. The first-order valence-corrected chi connectivity index (χ1v) is 11.1. The lowest BCUT2D eigenvalue weighted by molar-refractivity contribution is 0.289. The minimum atomic E-state index is -0.324. The minimum absolute atomic E-state index is 0.268. The summed E-state index contributed by atoms with van der Waals surface area (Å²) in [6.45, 7) is 5.00. The summed E-state index contributed by atoms with van der Waals surface area (Å²) in [7, 11) is 0. The normalized spacial score (nSPS) is 12.4. The van der Waals surface area contributed by atoms with Gasteiger partial charge in [0.1, 0.15) is 0 Å². The van der Waals surface area contributed by atoms with Gasteiger partial charge in [0.15, 0.2) is 23.1 Å². The maximum atomic E-state index is 15.0. The molecule has 0 spiro atoms. The minimum Gasteiger partial charge on any atom is -0.491 e. The first kappa shape index (κ1) is 21.6. The summed E-state index contributed by atoms with van der Waals surface area (Å²) in [4.78, 5) is 0. The molecule has 2 nitrogen and oxygen atoms in total. The number of unbranched alkanes of at least 4 members (excludes halogenated alkanes) is 6. The zero-order valence-corrected chi connectivity index (χ0v) is 17.7. The number of hydrogen-bond donors (Lipinski definition) is 0. The van der Waals surface area contributed by atoms with Crippen LogP contribution in [0, 0.1) is 11.6 Å². The van der Waals surface area contributed by atoms with Gasteiger partial charge in [0.25, 0.3) is 0 Å². The molecule has 2 aromatic rings. The van der Waals surface area contributed by atoms with Crippen LogP contribution in [-0.4, -0.2) is 13.2 Å². The molecular weight excluding hydrogens is 370 g/mol. The summed E-state index contributed by atoms with van der Waals surface area (Å²) in [5.74, 6) is -0.0468. The van der Waals surface area contributed by atoms with Crippen LogP contribution >= 0.6 is 0 Å². The molecule has 0 amide bonds. The highest BCUT2D eigenvalue weighted by Gasteiger charge is 2.25. The van der Waals surface area contributed by atoms with Crippen molar-refractivity contribution in [3.8, 4) is 22.6 Å². The molecule has 0 aromatic heterocycles. The number of benzene rings is 2. The van der Waals surface area contributed by atoms with Crippen molar-refractivity contribution < 1.29 is 18.3 Å². The van der Waals surface area contributed by atoms with Crippen LogP contribution in [0.5, 0.6) is 11.5 Å². The van der Waals surface area contributed by atoms with Gasteiger partial charge >= 0.3 is 0 Å². The molecule has 0 aliphatic heterocycles. The topological polar surface area (TPSA) is 18.5 Å². The van der Waals surface area contributed by atoms with E-state index in [-0.39, 0.29) is 17.4 Å². The highest BCUT2D eigenvalue weighted by atomic mass is 19.1. The lowest BCUT2D eigenvalue weighted by Gasteiger charge is -2.23. The molecule has 0 heterocycles. The van der Waals surface area contributed by atoms with Crippen molar-refractivity contribution in [2.24, 2.45) is 0 Å². The van der Waals surface area contributed by atoms with Gasteiger partial charge < -0.3 is 9.47 Å². The molecule has 158 valence electrons. The number of fused-ring (bicyclic) bond motifs is 3. The second-order valence-electron chi connectivity index (χ2n) is 7.71. The molecule has 4 heteroatoms. The molecular formula is C25H32F2O2. The van der Waals surface area contributed by atoms with E-state index in [1.807, 2.05) is 19.1 Å². The van der Waals surface area contributed by atoms with E-state index in [1.165, 1.54) is 32.1 Å². The van der Waals surface area contributed by atoms with Crippen LogP contribution in [0.4, 0.5) is 8.78 Å². The van der Waals surface area contributed by atoms with Crippen LogP contribution in [0.15, 0.2) is 24.3 Å². The van der Waals surface area contributed by atoms with Crippen molar-refractivity contribution in [2.75, 3.05) is 13.2 Å². The Kier molecular flexibility index (Phi) is 7.91. The molecule has 29 heavy (non-hydrogen) atoms. The molecule has 0 unspecified atom stereocenters.